The monoisotopic (exact) mass is 277 g/mol. The molecule has 0 radical (unpaired) electrons. The summed E-state index contributed by atoms with van der Waals surface area (Å²) >= 11 is 0. The van der Waals surface area contributed by atoms with Crippen LogP contribution in [0.2, 0.25) is 0 Å². The van der Waals surface area contributed by atoms with Crippen molar-refractivity contribution in [2.75, 3.05) is 25.1 Å². The largest absolute Gasteiger partial charge is 0.497 e. The van der Waals surface area contributed by atoms with Crippen molar-refractivity contribution in [2.24, 2.45) is 17.4 Å². The quantitative estimate of drug-likeness (QED) is 0.848. The van der Waals surface area contributed by atoms with E-state index in [4.69, 9.17) is 16.2 Å². The number of ether oxygens (including phenoxy) is 1. The van der Waals surface area contributed by atoms with Gasteiger partial charge in [-0.2, -0.15) is 0 Å². The van der Waals surface area contributed by atoms with Gasteiger partial charge in [0, 0.05) is 37.8 Å². The third-order valence-corrected chi connectivity index (χ3v) is 3.96. The molecule has 1 aromatic rings. The average molecular weight is 277 g/mol. The van der Waals surface area contributed by atoms with E-state index in [1.807, 2.05) is 18.2 Å². The van der Waals surface area contributed by atoms with Crippen LogP contribution in [-0.4, -0.2) is 26.1 Å². The van der Waals surface area contributed by atoms with Gasteiger partial charge in [0.05, 0.1) is 7.11 Å². The van der Waals surface area contributed by atoms with Crippen LogP contribution in [-0.2, 0) is 11.3 Å². The zero-order valence-corrected chi connectivity index (χ0v) is 12.0. The first-order valence-electron chi connectivity index (χ1n) is 7.04. The number of amides is 1. The van der Waals surface area contributed by atoms with Gasteiger partial charge in [0.1, 0.15) is 5.75 Å². The number of carbonyl (C=O) groups excluding carboxylic acids is 1. The average Bonchev–Trinajstić information content (AvgIpc) is 2.46. The molecule has 0 unspecified atom stereocenters. The summed E-state index contributed by atoms with van der Waals surface area (Å²) in [5.41, 5.74) is 13.3. The predicted molar refractivity (Wildman–Crippen MR) is 79.6 cm³/mol. The fourth-order valence-corrected chi connectivity index (χ4v) is 2.80. The van der Waals surface area contributed by atoms with Gasteiger partial charge in [-0.3, -0.25) is 4.79 Å². The van der Waals surface area contributed by atoms with Gasteiger partial charge in [-0.25, -0.2) is 0 Å². The Morgan fingerprint density at radius 3 is 2.65 bits per heavy atom. The number of carbonyl (C=O) groups is 1. The lowest BCUT2D eigenvalue weighted by molar-refractivity contribution is -0.119. The van der Waals surface area contributed by atoms with Crippen molar-refractivity contribution >= 4 is 11.6 Å². The van der Waals surface area contributed by atoms with Crippen LogP contribution in [0, 0.1) is 5.92 Å². The summed E-state index contributed by atoms with van der Waals surface area (Å²) < 4.78 is 5.29. The molecule has 0 bridgehead atoms. The molecule has 2 rings (SSSR count). The first-order valence-corrected chi connectivity index (χ1v) is 7.04. The highest BCUT2D eigenvalue weighted by Crippen LogP contribution is 2.30. The molecule has 0 spiro atoms. The molecule has 0 aromatic heterocycles. The van der Waals surface area contributed by atoms with Crippen LogP contribution < -0.4 is 21.1 Å². The van der Waals surface area contributed by atoms with Gasteiger partial charge in [0.15, 0.2) is 0 Å². The van der Waals surface area contributed by atoms with Gasteiger partial charge in [-0.05, 0) is 30.4 Å². The lowest BCUT2D eigenvalue weighted by atomic mass is 9.92. The first-order chi connectivity index (χ1) is 9.63. The number of anilines is 1. The number of primary amides is 1. The number of piperidine rings is 1. The number of nitrogens with two attached hydrogens (primary N) is 2. The minimum absolute atomic E-state index is 0.201. The second kappa shape index (κ2) is 6.61. The summed E-state index contributed by atoms with van der Waals surface area (Å²) in [6.07, 6.45) is 2.48. The van der Waals surface area contributed by atoms with E-state index in [9.17, 15) is 4.79 Å². The molecule has 1 saturated heterocycles. The smallest absolute Gasteiger partial charge is 0.217 e. The number of benzene rings is 1. The highest BCUT2D eigenvalue weighted by molar-refractivity contribution is 5.74. The Labute approximate surface area is 119 Å². The van der Waals surface area contributed by atoms with Crippen molar-refractivity contribution in [3.8, 4) is 5.75 Å². The van der Waals surface area contributed by atoms with Crippen molar-refractivity contribution in [1.29, 1.82) is 0 Å². The lowest BCUT2D eigenvalue weighted by Crippen LogP contribution is -2.35. The van der Waals surface area contributed by atoms with E-state index >= 15 is 0 Å². The normalized spacial score (nSPS) is 16.2. The molecule has 1 aliphatic rings. The maximum absolute atomic E-state index is 11.0. The van der Waals surface area contributed by atoms with E-state index in [-0.39, 0.29) is 5.91 Å². The van der Waals surface area contributed by atoms with E-state index < -0.39 is 0 Å². The van der Waals surface area contributed by atoms with Crippen LogP contribution >= 0.6 is 0 Å². The molecule has 0 atom stereocenters. The van der Waals surface area contributed by atoms with Crippen molar-refractivity contribution in [3.05, 3.63) is 23.8 Å². The Hall–Kier alpha value is -1.75. The van der Waals surface area contributed by atoms with Gasteiger partial charge >= 0.3 is 0 Å². The molecule has 20 heavy (non-hydrogen) atoms. The van der Waals surface area contributed by atoms with Crippen LogP contribution in [0.4, 0.5) is 5.69 Å². The Bertz CT molecular complexity index is 468. The predicted octanol–water partition coefficient (Wildman–Crippen LogP) is 1.25. The topological polar surface area (TPSA) is 81.6 Å². The van der Waals surface area contributed by atoms with Crippen LogP contribution in [0.25, 0.3) is 0 Å². The summed E-state index contributed by atoms with van der Waals surface area (Å²) in [5.74, 6) is 1.06. The second-order valence-corrected chi connectivity index (χ2v) is 5.30. The highest BCUT2D eigenvalue weighted by atomic mass is 16.5. The molecule has 4 N–H and O–H groups in total. The minimum atomic E-state index is -0.201. The molecule has 5 nitrogen and oxygen atoms in total. The summed E-state index contributed by atoms with van der Waals surface area (Å²) in [5, 5.41) is 0. The van der Waals surface area contributed by atoms with Crippen molar-refractivity contribution in [3.63, 3.8) is 0 Å². The van der Waals surface area contributed by atoms with Gasteiger partial charge in [-0.15, -0.1) is 0 Å². The van der Waals surface area contributed by atoms with E-state index in [1.54, 1.807) is 7.11 Å². The van der Waals surface area contributed by atoms with E-state index in [1.165, 1.54) is 0 Å². The Balaban J connectivity index is 2.07. The third kappa shape index (κ3) is 3.42. The van der Waals surface area contributed by atoms with E-state index in [2.05, 4.69) is 4.90 Å². The molecule has 0 aliphatic carbocycles. The van der Waals surface area contributed by atoms with Gasteiger partial charge < -0.3 is 21.1 Å². The first kappa shape index (κ1) is 14.7. The number of hydrogen-bond donors (Lipinski definition) is 2. The number of methoxy groups -OCH3 is 1. The summed E-state index contributed by atoms with van der Waals surface area (Å²) in [6.45, 7) is 2.37. The number of rotatable bonds is 5. The van der Waals surface area contributed by atoms with E-state index in [0.717, 1.165) is 42.9 Å². The molecule has 0 saturated carbocycles. The van der Waals surface area contributed by atoms with Crippen LogP contribution in [0.1, 0.15) is 24.8 Å². The zero-order valence-electron chi connectivity index (χ0n) is 12.0. The maximum atomic E-state index is 11.0. The minimum Gasteiger partial charge on any atom is -0.497 e. The third-order valence-electron chi connectivity index (χ3n) is 3.96. The lowest BCUT2D eigenvalue weighted by Gasteiger charge is -2.34. The van der Waals surface area contributed by atoms with E-state index in [0.29, 0.717) is 18.9 Å². The fourth-order valence-electron chi connectivity index (χ4n) is 2.80. The maximum Gasteiger partial charge on any atom is 0.217 e. The van der Waals surface area contributed by atoms with Crippen molar-refractivity contribution < 1.29 is 9.53 Å². The molecule has 5 heteroatoms. The Morgan fingerprint density at radius 1 is 1.40 bits per heavy atom. The molecular formula is C15H23N3O2. The Kier molecular flexibility index (Phi) is 4.84. The summed E-state index contributed by atoms with van der Waals surface area (Å²) in [4.78, 5) is 13.3. The zero-order chi connectivity index (χ0) is 14.5. The second-order valence-electron chi connectivity index (χ2n) is 5.30. The SMILES string of the molecule is COc1ccc(CN)c(N2CCC(CC(N)=O)CC2)c1. The summed E-state index contributed by atoms with van der Waals surface area (Å²) in [7, 11) is 1.67. The van der Waals surface area contributed by atoms with Crippen LogP contribution in [0.5, 0.6) is 5.75 Å². The summed E-state index contributed by atoms with van der Waals surface area (Å²) in [6, 6.07) is 5.99. The molecular weight excluding hydrogens is 254 g/mol. The fraction of sp³-hybridized carbons (Fsp3) is 0.533. The molecule has 110 valence electrons. The molecule has 1 fully saturated rings. The highest BCUT2D eigenvalue weighted by Gasteiger charge is 2.22. The Morgan fingerprint density at radius 2 is 2.10 bits per heavy atom. The molecule has 1 heterocycles. The van der Waals surface area contributed by atoms with Gasteiger partial charge in [-0.1, -0.05) is 6.07 Å². The van der Waals surface area contributed by atoms with Crippen molar-refractivity contribution in [1.82, 2.24) is 0 Å². The molecule has 1 amide bonds. The number of hydrogen-bond acceptors (Lipinski definition) is 4. The molecule has 1 aromatic carbocycles. The number of nitrogens with zero attached hydrogens (tertiary/aromatic N) is 1. The molecule has 1 aliphatic heterocycles. The van der Waals surface area contributed by atoms with Crippen molar-refractivity contribution in [2.45, 2.75) is 25.8 Å². The van der Waals surface area contributed by atoms with Gasteiger partial charge in [0.25, 0.3) is 0 Å². The van der Waals surface area contributed by atoms with Gasteiger partial charge in [0.2, 0.25) is 5.91 Å². The van der Waals surface area contributed by atoms with Crippen LogP contribution in [0.3, 0.4) is 0 Å². The van der Waals surface area contributed by atoms with Crippen LogP contribution in [0.15, 0.2) is 18.2 Å². The standard InChI is InChI=1S/C15H23N3O2/c1-20-13-3-2-12(10-16)14(9-13)18-6-4-11(5-7-18)8-15(17)19/h2-3,9,11H,4-8,10,16H2,1H3,(H2,17,19).